The molecule has 0 spiro atoms. The molecular formula is C20H20N2O4. The first-order valence-electron chi connectivity index (χ1n) is 8.95. The number of benzene rings is 1. The molecule has 2 aliphatic rings. The summed E-state index contributed by atoms with van der Waals surface area (Å²) in [5.41, 5.74) is 0.543. The van der Waals surface area contributed by atoms with Gasteiger partial charge in [0.1, 0.15) is 6.04 Å². The van der Waals surface area contributed by atoms with E-state index in [4.69, 9.17) is 4.42 Å². The highest BCUT2D eigenvalue weighted by Crippen LogP contribution is 2.32. The van der Waals surface area contributed by atoms with Gasteiger partial charge in [0.05, 0.1) is 18.4 Å². The van der Waals surface area contributed by atoms with Gasteiger partial charge in [-0.15, -0.1) is 0 Å². The van der Waals surface area contributed by atoms with Crippen molar-refractivity contribution in [3.05, 3.63) is 54.5 Å². The fourth-order valence-corrected chi connectivity index (χ4v) is 3.95. The van der Waals surface area contributed by atoms with Crippen molar-refractivity contribution < 1.29 is 18.8 Å². The van der Waals surface area contributed by atoms with Gasteiger partial charge in [-0.25, -0.2) is 4.90 Å². The quantitative estimate of drug-likeness (QED) is 0.793. The van der Waals surface area contributed by atoms with Crippen LogP contribution in [0.3, 0.4) is 0 Å². The molecule has 0 radical (unpaired) electrons. The topological polar surface area (TPSA) is 70.8 Å². The van der Waals surface area contributed by atoms with E-state index in [1.54, 1.807) is 41.3 Å². The highest BCUT2D eigenvalue weighted by atomic mass is 16.3. The van der Waals surface area contributed by atoms with Gasteiger partial charge in [0, 0.05) is 6.04 Å². The Kier molecular flexibility index (Phi) is 4.32. The molecule has 0 bridgehead atoms. The molecule has 1 atom stereocenters. The average Bonchev–Trinajstić information content (AvgIpc) is 3.39. The molecule has 2 heterocycles. The van der Waals surface area contributed by atoms with Crippen molar-refractivity contribution in [2.75, 3.05) is 4.90 Å². The van der Waals surface area contributed by atoms with Crippen LogP contribution in [0.2, 0.25) is 0 Å². The first kappa shape index (κ1) is 16.6. The lowest BCUT2D eigenvalue weighted by Crippen LogP contribution is -2.50. The summed E-state index contributed by atoms with van der Waals surface area (Å²) in [4.78, 5) is 41.5. The second-order valence-electron chi connectivity index (χ2n) is 6.75. The van der Waals surface area contributed by atoms with Crippen LogP contribution < -0.4 is 4.90 Å². The Bertz CT molecular complexity index is 810. The van der Waals surface area contributed by atoms with Gasteiger partial charge >= 0.3 is 0 Å². The molecule has 1 unspecified atom stereocenters. The van der Waals surface area contributed by atoms with Crippen LogP contribution in [0.25, 0.3) is 0 Å². The number of furan rings is 1. The molecule has 1 aliphatic heterocycles. The predicted octanol–water partition coefficient (Wildman–Crippen LogP) is 3.00. The van der Waals surface area contributed by atoms with Gasteiger partial charge in [0.25, 0.3) is 11.8 Å². The summed E-state index contributed by atoms with van der Waals surface area (Å²) in [6, 6.07) is 11.3. The number of hydrogen-bond acceptors (Lipinski definition) is 4. The number of hydrogen-bond donors (Lipinski definition) is 0. The minimum atomic E-state index is -0.775. The van der Waals surface area contributed by atoms with Crippen LogP contribution in [-0.4, -0.2) is 34.7 Å². The molecule has 26 heavy (non-hydrogen) atoms. The van der Waals surface area contributed by atoms with Gasteiger partial charge < -0.3 is 9.32 Å². The SMILES string of the molecule is O=C1CC(N(C(=O)c2ccco2)C2CCCC2)C(=O)N1c1ccccc1. The van der Waals surface area contributed by atoms with Crippen molar-refractivity contribution >= 4 is 23.4 Å². The number of para-hydroxylation sites is 1. The van der Waals surface area contributed by atoms with Gasteiger partial charge in [-0.1, -0.05) is 31.0 Å². The summed E-state index contributed by atoms with van der Waals surface area (Å²) in [6.07, 6.45) is 5.17. The zero-order valence-corrected chi connectivity index (χ0v) is 14.3. The summed E-state index contributed by atoms with van der Waals surface area (Å²) in [7, 11) is 0. The zero-order valence-electron chi connectivity index (χ0n) is 14.3. The first-order chi connectivity index (χ1) is 12.7. The molecule has 4 rings (SSSR count). The second kappa shape index (κ2) is 6.78. The maximum Gasteiger partial charge on any atom is 0.290 e. The Labute approximate surface area is 151 Å². The van der Waals surface area contributed by atoms with Crippen molar-refractivity contribution in [3.63, 3.8) is 0 Å². The van der Waals surface area contributed by atoms with Gasteiger partial charge in [-0.3, -0.25) is 14.4 Å². The predicted molar refractivity (Wildman–Crippen MR) is 94.5 cm³/mol. The molecule has 6 heteroatoms. The fraction of sp³-hybridized carbons (Fsp3) is 0.350. The van der Waals surface area contributed by atoms with Crippen molar-refractivity contribution in [1.82, 2.24) is 4.90 Å². The smallest absolute Gasteiger partial charge is 0.290 e. The van der Waals surface area contributed by atoms with Crippen molar-refractivity contribution in [2.45, 2.75) is 44.2 Å². The molecule has 134 valence electrons. The molecular weight excluding hydrogens is 332 g/mol. The second-order valence-corrected chi connectivity index (χ2v) is 6.75. The fourth-order valence-electron chi connectivity index (χ4n) is 3.95. The molecule has 1 saturated heterocycles. The average molecular weight is 352 g/mol. The highest BCUT2D eigenvalue weighted by Gasteiger charge is 2.47. The molecule has 1 aromatic carbocycles. The Morgan fingerprint density at radius 3 is 2.42 bits per heavy atom. The van der Waals surface area contributed by atoms with Crippen LogP contribution in [0.5, 0.6) is 0 Å². The van der Waals surface area contributed by atoms with Crippen LogP contribution >= 0.6 is 0 Å². The van der Waals surface area contributed by atoms with Crippen LogP contribution in [-0.2, 0) is 9.59 Å². The first-order valence-corrected chi connectivity index (χ1v) is 8.95. The van der Waals surface area contributed by atoms with E-state index in [0.717, 1.165) is 25.7 Å². The highest BCUT2D eigenvalue weighted by molar-refractivity contribution is 6.23. The third-order valence-electron chi connectivity index (χ3n) is 5.16. The Morgan fingerprint density at radius 1 is 1.04 bits per heavy atom. The molecule has 1 aliphatic carbocycles. The Hall–Kier alpha value is -2.89. The lowest BCUT2D eigenvalue weighted by Gasteiger charge is -2.32. The molecule has 3 amide bonds. The Morgan fingerprint density at radius 2 is 1.77 bits per heavy atom. The van der Waals surface area contributed by atoms with E-state index < -0.39 is 6.04 Å². The lowest BCUT2D eigenvalue weighted by molar-refractivity contribution is -0.123. The number of rotatable bonds is 4. The molecule has 0 N–H and O–H groups in total. The molecule has 2 fully saturated rings. The zero-order chi connectivity index (χ0) is 18.1. The summed E-state index contributed by atoms with van der Waals surface area (Å²) in [6.45, 7) is 0. The van der Waals surface area contributed by atoms with E-state index in [9.17, 15) is 14.4 Å². The molecule has 6 nitrogen and oxygen atoms in total. The van der Waals surface area contributed by atoms with Gasteiger partial charge in [-0.05, 0) is 37.1 Å². The minimum Gasteiger partial charge on any atom is -0.459 e. The molecule has 2 aromatic rings. The van der Waals surface area contributed by atoms with Gasteiger partial charge in [0.15, 0.2) is 5.76 Å². The van der Waals surface area contributed by atoms with Gasteiger partial charge in [0.2, 0.25) is 5.91 Å². The van der Waals surface area contributed by atoms with Crippen LogP contribution in [0, 0.1) is 0 Å². The maximum absolute atomic E-state index is 13.1. The van der Waals surface area contributed by atoms with E-state index in [0.29, 0.717) is 5.69 Å². The number of nitrogens with zero attached hydrogens (tertiary/aromatic N) is 2. The number of amides is 3. The third kappa shape index (κ3) is 2.81. The minimum absolute atomic E-state index is 0.0106. The monoisotopic (exact) mass is 352 g/mol. The van der Waals surface area contributed by atoms with Crippen LogP contribution in [0.1, 0.15) is 42.7 Å². The number of carbonyl (C=O) groups is 3. The van der Waals surface area contributed by atoms with Crippen molar-refractivity contribution in [3.8, 4) is 0 Å². The summed E-state index contributed by atoms with van der Waals surface area (Å²) in [5.74, 6) is -0.729. The lowest BCUT2D eigenvalue weighted by atomic mass is 10.1. The molecule has 1 aromatic heterocycles. The Balaban J connectivity index is 1.66. The van der Waals surface area contributed by atoms with Gasteiger partial charge in [-0.2, -0.15) is 0 Å². The van der Waals surface area contributed by atoms with Crippen molar-refractivity contribution in [1.29, 1.82) is 0 Å². The number of carbonyl (C=O) groups excluding carboxylic acids is 3. The summed E-state index contributed by atoms with van der Waals surface area (Å²) in [5, 5.41) is 0. The number of imide groups is 1. The van der Waals surface area contributed by atoms with E-state index in [-0.39, 0.29) is 35.9 Å². The molecule has 1 saturated carbocycles. The van der Waals surface area contributed by atoms with Crippen LogP contribution in [0.15, 0.2) is 53.1 Å². The third-order valence-corrected chi connectivity index (χ3v) is 5.16. The normalized spacial score (nSPS) is 20.8. The summed E-state index contributed by atoms with van der Waals surface area (Å²) >= 11 is 0. The number of anilines is 1. The van der Waals surface area contributed by atoms with E-state index in [1.165, 1.54) is 11.2 Å². The summed E-state index contributed by atoms with van der Waals surface area (Å²) < 4.78 is 5.27. The van der Waals surface area contributed by atoms with E-state index >= 15 is 0 Å². The van der Waals surface area contributed by atoms with Crippen LogP contribution in [0.4, 0.5) is 5.69 Å². The standard InChI is InChI=1S/C20H20N2O4/c23-18-13-16(19(24)22(18)15-7-2-1-3-8-15)21(14-9-4-5-10-14)20(25)17-11-6-12-26-17/h1-3,6-8,11-12,14,16H,4-5,9-10,13H2. The largest absolute Gasteiger partial charge is 0.459 e. The van der Waals surface area contributed by atoms with Crippen molar-refractivity contribution in [2.24, 2.45) is 0 Å². The van der Waals surface area contributed by atoms with E-state index in [2.05, 4.69) is 0 Å². The maximum atomic E-state index is 13.1. The van der Waals surface area contributed by atoms with E-state index in [1.807, 2.05) is 6.07 Å².